The summed E-state index contributed by atoms with van der Waals surface area (Å²) in [6.07, 6.45) is 0. The van der Waals surface area contributed by atoms with E-state index < -0.39 is 34.7 Å². The second-order valence-electron chi connectivity index (χ2n) is 5.93. The van der Waals surface area contributed by atoms with Crippen LogP contribution in [0, 0.1) is 0 Å². The zero-order valence-corrected chi connectivity index (χ0v) is 10.5. The fraction of sp³-hybridized carbons (Fsp3) is 1.00. The Morgan fingerprint density at radius 1 is 1.06 bits per heavy atom. The summed E-state index contributed by atoms with van der Waals surface area (Å²) in [5, 5.41) is 19.9. The average Bonchev–Trinajstić information content (AvgIpc) is 2.13. The Morgan fingerprint density at radius 3 is 1.94 bits per heavy atom. The predicted octanol–water partition coefficient (Wildman–Crippen LogP) is -0.259. The predicted molar refractivity (Wildman–Crippen MR) is 57.7 cm³/mol. The maximum absolute atomic E-state index is 10.5. The number of hydrogen-bond donors (Lipinski definition) is 3. The summed E-state index contributed by atoms with van der Waals surface area (Å²) >= 11 is 0. The number of hydrogen-bond acceptors (Lipinski definition) is 5. The fourth-order valence-corrected chi connectivity index (χ4v) is 2.89. The lowest BCUT2D eigenvalue weighted by atomic mass is 9.55. The van der Waals surface area contributed by atoms with Crippen molar-refractivity contribution >= 4 is 0 Å². The second kappa shape index (κ2) is 2.62. The summed E-state index contributed by atoms with van der Waals surface area (Å²) in [5.41, 5.74) is 2.47. The van der Waals surface area contributed by atoms with E-state index in [2.05, 4.69) is 0 Å². The molecule has 0 radical (unpaired) electrons. The van der Waals surface area contributed by atoms with Crippen LogP contribution >= 0.6 is 0 Å². The van der Waals surface area contributed by atoms with Gasteiger partial charge < -0.3 is 25.4 Å². The van der Waals surface area contributed by atoms with Gasteiger partial charge in [-0.15, -0.1) is 0 Å². The Hall–Kier alpha value is -0.200. The smallest absolute Gasteiger partial charge is 0.225 e. The van der Waals surface area contributed by atoms with Gasteiger partial charge in [0.25, 0.3) is 0 Å². The minimum Gasteiger partial charge on any atom is -0.391 e. The molecule has 0 amide bonds. The molecule has 3 aliphatic rings. The van der Waals surface area contributed by atoms with Crippen LogP contribution in [0.25, 0.3) is 0 Å². The second-order valence-corrected chi connectivity index (χ2v) is 5.93. The summed E-state index contributed by atoms with van der Waals surface area (Å²) in [7, 11) is 0. The molecule has 16 heavy (non-hydrogen) atoms. The highest BCUT2D eigenvalue weighted by molar-refractivity contribution is 5.30. The molecule has 3 rings (SSSR count). The minimum atomic E-state index is -1.36. The molecule has 0 aliphatic carbocycles. The van der Waals surface area contributed by atoms with Gasteiger partial charge in [0.05, 0.1) is 11.1 Å². The van der Waals surface area contributed by atoms with Crippen molar-refractivity contribution in [3.63, 3.8) is 0 Å². The lowest BCUT2D eigenvalue weighted by molar-refractivity contribution is -0.554. The van der Waals surface area contributed by atoms with Crippen molar-refractivity contribution in [2.45, 2.75) is 62.7 Å². The van der Waals surface area contributed by atoms with E-state index in [4.69, 9.17) is 15.2 Å². The average molecular weight is 231 g/mol. The Kier molecular flexibility index (Phi) is 2.01. The minimum absolute atomic E-state index is 0.394. The van der Waals surface area contributed by atoms with E-state index in [9.17, 15) is 10.2 Å². The molecule has 4 atom stereocenters. The van der Waals surface area contributed by atoms with Crippen LogP contribution in [-0.2, 0) is 9.47 Å². The van der Waals surface area contributed by atoms with E-state index in [1.54, 1.807) is 20.8 Å². The summed E-state index contributed by atoms with van der Waals surface area (Å²) in [6.45, 7) is 8.43. The van der Waals surface area contributed by atoms with Crippen molar-refractivity contribution in [2.24, 2.45) is 5.73 Å². The lowest BCUT2D eigenvalue weighted by Crippen LogP contribution is -2.97. The molecule has 0 spiro atoms. The van der Waals surface area contributed by atoms with Crippen LogP contribution in [0.5, 0.6) is 0 Å². The molecule has 5 heteroatoms. The van der Waals surface area contributed by atoms with Crippen LogP contribution in [0.2, 0.25) is 0 Å². The van der Waals surface area contributed by atoms with Gasteiger partial charge in [0.15, 0.2) is 0 Å². The molecule has 3 fully saturated rings. The van der Waals surface area contributed by atoms with Gasteiger partial charge >= 0.3 is 0 Å². The van der Waals surface area contributed by atoms with Crippen molar-refractivity contribution in [2.75, 3.05) is 6.61 Å². The molecular formula is C11H21NO4. The summed E-state index contributed by atoms with van der Waals surface area (Å²) in [6, 6.07) is 0. The molecule has 4 N–H and O–H groups in total. The fourth-order valence-electron chi connectivity index (χ4n) is 2.89. The highest BCUT2D eigenvalue weighted by atomic mass is 16.8. The third kappa shape index (κ3) is 0.876. The van der Waals surface area contributed by atoms with Gasteiger partial charge in [-0.05, 0) is 34.6 Å². The molecule has 0 aromatic heterocycles. The first-order valence-corrected chi connectivity index (χ1v) is 5.50. The SMILES string of the molecule is CC1(C)OC2(CO)OC(C)(C1(C)N)C2(C)O. The molecule has 0 saturated carbocycles. The van der Waals surface area contributed by atoms with Gasteiger partial charge in [-0.1, -0.05) is 0 Å². The van der Waals surface area contributed by atoms with Crippen molar-refractivity contribution in [1.82, 2.24) is 0 Å². The van der Waals surface area contributed by atoms with Crippen molar-refractivity contribution in [1.29, 1.82) is 0 Å². The molecule has 5 nitrogen and oxygen atoms in total. The van der Waals surface area contributed by atoms with Crippen LogP contribution in [0.1, 0.15) is 34.6 Å². The molecular weight excluding hydrogens is 210 g/mol. The van der Waals surface area contributed by atoms with Crippen molar-refractivity contribution in [3.8, 4) is 0 Å². The molecule has 2 bridgehead atoms. The Balaban J connectivity index is 2.54. The molecule has 0 aromatic carbocycles. The maximum Gasteiger partial charge on any atom is 0.225 e. The molecule has 3 saturated heterocycles. The van der Waals surface area contributed by atoms with Crippen LogP contribution in [0.3, 0.4) is 0 Å². The van der Waals surface area contributed by atoms with Crippen LogP contribution < -0.4 is 5.73 Å². The first-order valence-electron chi connectivity index (χ1n) is 5.50. The topological polar surface area (TPSA) is 84.9 Å². The standard InChI is InChI=1S/C11H21NO4/c1-7(2)8(3,12)10(5)9(4,14)11(6-13,15-7)16-10/h13-14H,6,12H2,1-5H3. The number of ether oxygens (including phenoxy) is 2. The van der Waals surface area contributed by atoms with Gasteiger partial charge in [0.2, 0.25) is 5.79 Å². The number of rotatable bonds is 1. The zero-order chi connectivity index (χ0) is 12.6. The summed E-state index contributed by atoms with van der Waals surface area (Å²) in [4.78, 5) is 0. The zero-order valence-electron chi connectivity index (χ0n) is 10.5. The van der Waals surface area contributed by atoms with Gasteiger partial charge in [-0.2, -0.15) is 0 Å². The normalized spacial score (nSPS) is 59.2. The van der Waals surface area contributed by atoms with E-state index in [1.807, 2.05) is 13.8 Å². The molecule has 4 unspecified atom stereocenters. The summed E-state index contributed by atoms with van der Waals surface area (Å²) in [5.74, 6) is -1.36. The third-order valence-electron chi connectivity index (χ3n) is 4.91. The molecule has 94 valence electrons. The Bertz CT molecular complexity index is 339. The quantitative estimate of drug-likeness (QED) is 0.579. The van der Waals surface area contributed by atoms with E-state index in [0.29, 0.717) is 0 Å². The van der Waals surface area contributed by atoms with Gasteiger partial charge in [-0.3, -0.25) is 0 Å². The first-order chi connectivity index (χ1) is 6.97. The Labute approximate surface area is 95.5 Å². The van der Waals surface area contributed by atoms with E-state index in [-0.39, 0.29) is 0 Å². The van der Waals surface area contributed by atoms with E-state index in [0.717, 1.165) is 0 Å². The largest absolute Gasteiger partial charge is 0.391 e. The summed E-state index contributed by atoms with van der Waals surface area (Å²) < 4.78 is 11.3. The van der Waals surface area contributed by atoms with Gasteiger partial charge in [0, 0.05) is 0 Å². The number of nitrogens with two attached hydrogens (primary N) is 1. The van der Waals surface area contributed by atoms with Crippen LogP contribution in [-0.4, -0.2) is 44.9 Å². The number of fused-ring (bicyclic) bond motifs is 2. The van der Waals surface area contributed by atoms with Crippen molar-refractivity contribution < 1.29 is 19.7 Å². The highest BCUT2D eigenvalue weighted by Gasteiger charge is 2.84. The van der Waals surface area contributed by atoms with Crippen LogP contribution in [0.4, 0.5) is 0 Å². The molecule has 3 aliphatic heterocycles. The van der Waals surface area contributed by atoms with Crippen LogP contribution in [0.15, 0.2) is 0 Å². The number of aliphatic hydroxyl groups excluding tert-OH is 1. The molecule has 3 heterocycles. The molecule has 0 aromatic rings. The van der Waals surface area contributed by atoms with Gasteiger partial charge in [-0.25, -0.2) is 0 Å². The third-order valence-corrected chi connectivity index (χ3v) is 4.91. The first kappa shape index (κ1) is 12.3. The number of aliphatic hydroxyl groups is 2. The van der Waals surface area contributed by atoms with Gasteiger partial charge in [0.1, 0.15) is 17.8 Å². The highest BCUT2D eigenvalue weighted by Crippen LogP contribution is 2.63. The monoisotopic (exact) mass is 231 g/mol. The van der Waals surface area contributed by atoms with Crippen molar-refractivity contribution in [3.05, 3.63) is 0 Å². The van der Waals surface area contributed by atoms with E-state index >= 15 is 0 Å². The Morgan fingerprint density at radius 2 is 1.56 bits per heavy atom. The maximum atomic E-state index is 10.5. The van der Waals surface area contributed by atoms with E-state index in [1.165, 1.54) is 0 Å². The lowest BCUT2D eigenvalue weighted by Gasteiger charge is -2.76.